The third-order valence-corrected chi connectivity index (χ3v) is 3.03. The summed E-state index contributed by atoms with van der Waals surface area (Å²) in [7, 11) is 0. The average Bonchev–Trinajstić information content (AvgIpc) is 2.71. The zero-order chi connectivity index (χ0) is 13.1. The van der Waals surface area contributed by atoms with Crippen LogP contribution in [0.5, 0.6) is 0 Å². The number of rotatable bonds is 3. The fourth-order valence-corrected chi connectivity index (χ4v) is 2.14. The van der Waals surface area contributed by atoms with Gasteiger partial charge in [0.2, 0.25) is 5.76 Å². The zero-order valence-corrected chi connectivity index (χ0v) is 10.2. The van der Waals surface area contributed by atoms with Gasteiger partial charge in [0.1, 0.15) is 30.0 Å². The van der Waals surface area contributed by atoms with Crippen molar-refractivity contribution in [2.45, 2.75) is 6.92 Å². The summed E-state index contributed by atoms with van der Waals surface area (Å²) in [6, 6.07) is 0. The van der Waals surface area contributed by atoms with Crippen molar-refractivity contribution in [3.05, 3.63) is 23.3 Å². The van der Waals surface area contributed by atoms with E-state index in [9.17, 15) is 9.59 Å². The number of hydrogen-bond acceptors (Lipinski definition) is 6. The Balaban J connectivity index is 2.16. The van der Waals surface area contributed by atoms with Gasteiger partial charge in [-0.1, -0.05) is 0 Å². The zero-order valence-electron chi connectivity index (χ0n) is 9.43. The number of nitrogens with one attached hydrogen (secondary N) is 1. The summed E-state index contributed by atoms with van der Waals surface area (Å²) in [4.78, 5) is 22.8. The molecule has 0 bridgehead atoms. The van der Waals surface area contributed by atoms with Crippen LogP contribution in [-0.4, -0.2) is 34.6 Å². The Morgan fingerprint density at radius 3 is 2.89 bits per heavy atom. The minimum atomic E-state index is -1.13. The Morgan fingerprint density at radius 1 is 1.50 bits per heavy atom. The van der Waals surface area contributed by atoms with E-state index in [0.717, 1.165) is 11.5 Å². The molecule has 2 N–H and O–H groups in total. The smallest absolute Gasteiger partial charge is 0.340 e. The lowest BCUT2D eigenvalue weighted by Gasteiger charge is -2.14. The predicted molar refractivity (Wildman–Crippen MR) is 62.4 cm³/mol. The molecule has 1 amide bonds. The minimum Gasteiger partial charge on any atom is -0.494 e. The molecular formula is C10H10N2O5S. The molecule has 1 aromatic heterocycles. The summed E-state index contributed by atoms with van der Waals surface area (Å²) >= 11 is 0.910. The molecule has 0 atom stereocenters. The predicted octanol–water partition coefficient (Wildman–Crippen LogP) is 0.976. The van der Waals surface area contributed by atoms with Crippen molar-refractivity contribution in [3.8, 4) is 0 Å². The van der Waals surface area contributed by atoms with Crippen LogP contribution < -0.4 is 5.32 Å². The average molecular weight is 270 g/mol. The van der Waals surface area contributed by atoms with Gasteiger partial charge in [-0.2, -0.15) is 4.37 Å². The van der Waals surface area contributed by atoms with Gasteiger partial charge in [0, 0.05) is 0 Å². The molecule has 1 aliphatic heterocycles. The lowest BCUT2D eigenvalue weighted by molar-refractivity contribution is -0.117. The molecule has 0 fully saturated rings. The molecule has 1 aliphatic rings. The van der Waals surface area contributed by atoms with E-state index in [1.807, 2.05) is 0 Å². The van der Waals surface area contributed by atoms with Gasteiger partial charge in [0.05, 0.1) is 5.69 Å². The first-order chi connectivity index (χ1) is 8.59. The summed E-state index contributed by atoms with van der Waals surface area (Å²) in [5, 5.41) is 11.6. The van der Waals surface area contributed by atoms with Gasteiger partial charge in [0.15, 0.2) is 0 Å². The van der Waals surface area contributed by atoms with E-state index in [0.29, 0.717) is 12.3 Å². The van der Waals surface area contributed by atoms with Gasteiger partial charge in [-0.3, -0.25) is 4.79 Å². The molecule has 18 heavy (non-hydrogen) atoms. The van der Waals surface area contributed by atoms with Crippen molar-refractivity contribution in [1.82, 2.24) is 4.37 Å². The van der Waals surface area contributed by atoms with Crippen molar-refractivity contribution in [2.24, 2.45) is 0 Å². The molecule has 0 unspecified atom stereocenters. The summed E-state index contributed by atoms with van der Waals surface area (Å²) in [6.07, 6.45) is 1.20. The van der Waals surface area contributed by atoms with Crippen LogP contribution in [-0.2, 0) is 14.3 Å². The maximum atomic E-state index is 11.8. The molecule has 2 heterocycles. The monoisotopic (exact) mass is 270 g/mol. The van der Waals surface area contributed by atoms with E-state index in [1.54, 1.807) is 6.92 Å². The third-order valence-electron chi connectivity index (χ3n) is 2.18. The van der Waals surface area contributed by atoms with Crippen molar-refractivity contribution in [2.75, 3.05) is 18.5 Å². The van der Waals surface area contributed by atoms with Gasteiger partial charge >= 0.3 is 5.97 Å². The number of amides is 1. The normalized spacial score (nSPS) is 14.2. The number of carboxylic acid groups (broad SMARTS) is 1. The molecule has 7 nitrogen and oxygen atoms in total. The summed E-state index contributed by atoms with van der Waals surface area (Å²) in [5.74, 6) is -1.67. The van der Waals surface area contributed by atoms with Crippen LogP contribution in [0.4, 0.5) is 5.00 Å². The molecule has 0 radical (unpaired) electrons. The summed E-state index contributed by atoms with van der Waals surface area (Å²) < 4.78 is 13.9. The molecule has 2 rings (SSSR count). The van der Waals surface area contributed by atoms with Gasteiger partial charge in [0.25, 0.3) is 5.91 Å². The van der Waals surface area contributed by atoms with E-state index >= 15 is 0 Å². The number of aryl methyl sites for hydroxylation is 1. The number of aromatic nitrogens is 1. The Bertz CT molecular complexity index is 522. The van der Waals surface area contributed by atoms with E-state index in [1.165, 1.54) is 6.26 Å². The topological polar surface area (TPSA) is 97.8 Å². The van der Waals surface area contributed by atoms with Crippen molar-refractivity contribution in [1.29, 1.82) is 0 Å². The molecule has 0 saturated carbocycles. The second-order valence-electron chi connectivity index (χ2n) is 3.43. The van der Waals surface area contributed by atoms with E-state index < -0.39 is 11.9 Å². The number of nitrogens with zero attached hydrogens (tertiary/aromatic N) is 1. The van der Waals surface area contributed by atoms with Crippen molar-refractivity contribution < 1.29 is 24.2 Å². The number of aromatic carboxylic acids is 1. The van der Waals surface area contributed by atoms with Crippen molar-refractivity contribution in [3.63, 3.8) is 0 Å². The second-order valence-corrected chi connectivity index (χ2v) is 4.21. The maximum Gasteiger partial charge on any atom is 0.340 e. The molecule has 1 aromatic rings. The SMILES string of the molecule is Cc1nsc(NC(=O)C2=COCCO2)c1C(=O)O. The first kappa shape index (κ1) is 12.4. The van der Waals surface area contributed by atoms with Crippen molar-refractivity contribution >= 4 is 28.4 Å². The first-order valence-corrected chi connectivity index (χ1v) is 5.82. The third kappa shape index (κ3) is 2.43. The van der Waals surface area contributed by atoms with E-state index in [2.05, 4.69) is 9.69 Å². The van der Waals surface area contributed by atoms with E-state index in [4.69, 9.17) is 14.6 Å². The van der Waals surface area contributed by atoms with Gasteiger partial charge < -0.3 is 19.9 Å². The molecule has 0 saturated heterocycles. The number of carboxylic acids is 1. The highest BCUT2D eigenvalue weighted by Crippen LogP contribution is 2.25. The fraction of sp³-hybridized carbons (Fsp3) is 0.300. The number of hydrogen-bond donors (Lipinski definition) is 2. The number of anilines is 1. The van der Waals surface area contributed by atoms with Crippen LogP contribution in [0.25, 0.3) is 0 Å². The fourth-order valence-electron chi connectivity index (χ4n) is 1.36. The summed E-state index contributed by atoms with van der Waals surface area (Å²) in [5.41, 5.74) is 0.350. The van der Waals surface area contributed by atoms with Crippen LogP contribution in [0, 0.1) is 6.92 Å². The number of carbonyl (C=O) groups excluding carboxylic acids is 1. The van der Waals surface area contributed by atoms with Crippen LogP contribution >= 0.6 is 11.5 Å². The molecule has 0 aliphatic carbocycles. The molecule has 96 valence electrons. The van der Waals surface area contributed by atoms with Crippen LogP contribution in [0.3, 0.4) is 0 Å². The van der Waals surface area contributed by atoms with Gasteiger partial charge in [-0.25, -0.2) is 4.79 Å². The van der Waals surface area contributed by atoms with E-state index in [-0.39, 0.29) is 22.9 Å². The molecule has 0 spiro atoms. The maximum absolute atomic E-state index is 11.8. The Kier molecular flexibility index (Phi) is 3.47. The highest BCUT2D eigenvalue weighted by Gasteiger charge is 2.22. The molecular weight excluding hydrogens is 260 g/mol. The Labute approximate surface area is 106 Å². The summed E-state index contributed by atoms with van der Waals surface area (Å²) in [6.45, 7) is 2.23. The Morgan fingerprint density at radius 2 is 2.28 bits per heavy atom. The lowest BCUT2D eigenvalue weighted by atomic mass is 10.2. The highest BCUT2D eigenvalue weighted by molar-refractivity contribution is 7.11. The molecule has 8 heteroatoms. The quantitative estimate of drug-likeness (QED) is 0.849. The van der Waals surface area contributed by atoms with Crippen LogP contribution in [0.1, 0.15) is 16.1 Å². The van der Waals surface area contributed by atoms with Gasteiger partial charge in [-0.15, -0.1) is 0 Å². The van der Waals surface area contributed by atoms with Crippen LogP contribution in [0.2, 0.25) is 0 Å². The second kappa shape index (κ2) is 5.05. The first-order valence-electron chi connectivity index (χ1n) is 5.05. The lowest BCUT2D eigenvalue weighted by Crippen LogP contribution is -2.21. The standard InChI is InChI=1S/C10H10N2O5S/c1-5-7(10(14)15)9(18-12-5)11-8(13)6-4-16-2-3-17-6/h4H,2-3H2,1H3,(H,11,13)(H,14,15). The highest BCUT2D eigenvalue weighted by atomic mass is 32.1. The molecule has 0 aromatic carbocycles. The van der Waals surface area contributed by atoms with Crippen LogP contribution in [0.15, 0.2) is 12.0 Å². The number of carbonyl (C=O) groups is 2. The number of ether oxygens (including phenoxy) is 2. The minimum absolute atomic E-state index is 0.00863. The van der Waals surface area contributed by atoms with Gasteiger partial charge in [-0.05, 0) is 18.5 Å². The largest absolute Gasteiger partial charge is 0.494 e. The Hall–Kier alpha value is -2.09.